The van der Waals surface area contributed by atoms with Crippen LogP contribution in [0.5, 0.6) is 11.5 Å². The van der Waals surface area contributed by atoms with Crippen molar-refractivity contribution in [1.29, 1.82) is 0 Å². The van der Waals surface area contributed by atoms with Gasteiger partial charge in [-0.15, -0.1) is 0 Å². The van der Waals surface area contributed by atoms with E-state index >= 15 is 0 Å². The summed E-state index contributed by atoms with van der Waals surface area (Å²) < 4.78 is 10.8. The Morgan fingerprint density at radius 1 is 0.654 bits per heavy atom. The Hall–Kier alpha value is -1.86. The molecule has 0 atom stereocenters. The van der Waals surface area contributed by atoms with Crippen molar-refractivity contribution in [3.63, 3.8) is 0 Å². The van der Waals surface area contributed by atoms with Crippen LogP contribution in [-0.2, 0) is 22.6 Å². The second kappa shape index (κ2) is 7.80. The zero-order valence-corrected chi connectivity index (χ0v) is 15.0. The fourth-order valence-electron chi connectivity index (χ4n) is 3.72. The van der Waals surface area contributed by atoms with Gasteiger partial charge in [0, 0.05) is 61.2 Å². The van der Waals surface area contributed by atoms with Gasteiger partial charge in [-0.3, -0.25) is 9.80 Å². The van der Waals surface area contributed by atoms with Crippen molar-refractivity contribution in [1.82, 2.24) is 9.80 Å². The number of ether oxygens (including phenoxy) is 2. The van der Waals surface area contributed by atoms with E-state index in [1.54, 1.807) is 0 Å². The maximum absolute atomic E-state index is 10.7. The molecule has 2 saturated heterocycles. The minimum atomic E-state index is 0.266. The summed E-state index contributed by atoms with van der Waals surface area (Å²) in [6.07, 6.45) is 0. The first kappa shape index (κ1) is 17.5. The molecule has 0 spiro atoms. The van der Waals surface area contributed by atoms with E-state index in [2.05, 4.69) is 9.80 Å². The number of benzene rings is 2. The largest absolute Gasteiger partial charge is 0.507 e. The van der Waals surface area contributed by atoms with Crippen LogP contribution in [0.4, 0.5) is 0 Å². The molecule has 2 heterocycles. The monoisotopic (exact) mass is 358 g/mol. The molecule has 2 aliphatic heterocycles. The summed E-state index contributed by atoms with van der Waals surface area (Å²) in [5.41, 5.74) is 1.78. The van der Waals surface area contributed by atoms with E-state index < -0.39 is 0 Å². The van der Waals surface area contributed by atoms with Crippen molar-refractivity contribution in [2.24, 2.45) is 0 Å². The van der Waals surface area contributed by atoms with Gasteiger partial charge in [-0.2, -0.15) is 0 Å². The molecule has 0 bridgehead atoms. The van der Waals surface area contributed by atoms with Crippen LogP contribution in [0.25, 0.3) is 10.8 Å². The maximum atomic E-state index is 10.7. The number of fused-ring (bicyclic) bond motifs is 1. The molecular formula is C20H26N2O4. The van der Waals surface area contributed by atoms with Gasteiger partial charge in [-0.1, -0.05) is 24.3 Å². The predicted octanol–water partition coefficient (Wildman–Crippen LogP) is 1.92. The number of phenols is 2. The number of nitrogens with zero attached hydrogens (tertiary/aromatic N) is 2. The average Bonchev–Trinajstić information content (AvgIpc) is 2.68. The van der Waals surface area contributed by atoms with E-state index in [0.29, 0.717) is 23.9 Å². The van der Waals surface area contributed by atoms with Gasteiger partial charge in [0.25, 0.3) is 0 Å². The molecule has 4 rings (SSSR count). The van der Waals surface area contributed by atoms with Crippen molar-refractivity contribution in [2.75, 3.05) is 52.6 Å². The van der Waals surface area contributed by atoms with Crippen LogP contribution in [0.2, 0.25) is 0 Å². The van der Waals surface area contributed by atoms with Crippen molar-refractivity contribution in [3.8, 4) is 11.5 Å². The molecule has 0 aliphatic carbocycles. The highest BCUT2D eigenvalue weighted by atomic mass is 16.5. The van der Waals surface area contributed by atoms with Gasteiger partial charge in [-0.25, -0.2) is 0 Å². The van der Waals surface area contributed by atoms with Crippen LogP contribution in [0.1, 0.15) is 11.1 Å². The first-order valence-corrected chi connectivity index (χ1v) is 9.28. The standard InChI is InChI=1S/C20H26N2O4/c23-19-15(13-21-5-9-25-10-6-21)1-3-17-18(19)4-2-16(20(17)24)14-22-7-11-26-12-8-22/h1-4,23-24H,5-14H2. The maximum Gasteiger partial charge on any atom is 0.128 e. The number of aromatic hydroxyl groups is 2. The lowest BCUT2D eigenvalue weighted by Crippen LogP contribution is -2.35. The van der Waals surface area contributed by atoms with E-state index in [0.717, 1.165) is 63.7 Å². The Kier molecular flexibility index (Phi) is 5.26. The Bertz CT molecular complexity index is 703. The molecule has 140 valence electrons. The minimum absolute atomic E-state index is 0.266. The molecule has 6 heteroatoms. The van der Waals surface area contributed by atoms with Gasteiger partial charge < -0.3 is 19.7 Å². The number of phenolic OH excluding ortho intramolecular Hbond substituents is 2. The lowest BCUT2D eigenvalue weighted by Gasteiger charge is -2.27. The van der Waals surface area contributed by atoms with Crippen LogP contribution >= 0.6 is 0 Å². The van der Waals surface area contributed by atoms with Gasteiger partial charge in [0.2, 0.25) is 0 Å². The third kappa shape index (κ3) is 3.64. The molecule has 0 amide bonds. The Morgan fingerprint density at radius 2 is 1.04 bits per heavy atom. The zero-order chi connectivity index (χ0) is 17.9. The predicted molar refractivity (Wildman–Crippen MR) is 99.5 cm³/mol. The Morgan fingerprint density at radius 3 is 1.42 bits per heavy atom. The molecule has 2 aromatic carbocycles. The second-order valence-corrected chi connectivity index (χ2v) is 7.02. The molecule has 2 aliphatic rings. The average molecular weight is 358 g/mol. The van der Waals surface area contributed by atoms with Gasteiger partial charge in [0.15, 0.2) is 0 Å². The first-order valence-electron chi connectivity index (χ1n) is 9.28. The summed E-state index contributed by atoms with van der Waals surface area (Å²) in [6, 6.07) is 7.68. The Labute approximate surface area is 153 Å². The van der Waals surface area contributed by atoms with Gasteiger partial charge in [0.1, 0.15) is 11.5 Å². The zero-order valence-electron chi connectivity index (χ0n) is 15.0. The topological polar surface area (TPSA) is 65.4 Å². The number of rotatable bonds is 4. The van der Waals surface area contributed by atoms with Crippen LogP contribution in [0.15, 0.2) is 24.3 Å². The molecule has 6 nitrogen and oxygen atoms in total. The smallest absolute Gasteiger partial charge is 0.128 e. The van der Waals surface area contributed by atoms with E-state index in [1.807, 2.05) is 24.3 Å². The van der Waals surface area contributed by atoms with Crippen LogP contribution in [-0.4, -0.2) is 72.6 Å². The minimum Gasteiger partial charge on any atom is -0.507 e. The van der Waals surface area contributed by atoms with Crippen molar-refractivity contribution in [3.05, 3.63) is 35.4 Å². The summed E-state index contributed by atoms with van der Waals surface area (Å²) in [5, 5.41) is 22.9. The van der Waals surface area contributed by atoms with Gasteiger partial charge >= 0.3 is 0 Å². The normalized spacial score (nSPS) is 19.8. The molecule has 0 radical (unpaired) electrons. The molecule has 0 unspecified atom stereocenters. The molecule has 0 saturated carbocycles. The van der Waals surface area contributed by atoms with Gasteiger partial charge in [-0.05, 0) is 0 Å². The molecule has 0 aromatic heterocycles. The van der Waals surface area contributed by atoms with E-state index in [9.17, 15) is 10.2 Å². The van der Waals surface area contributed by atoms with E-state index in [4.69, 9.17) is 9.47 Å². The Balaban J connectivity index is 1.58. The number of morpholine rings is 2. The molecule has 2 aromatic rings. The highest BCUT2D eigenvalue weighted by molar-refractivity contribution is 5.94. The SMILES string of the molecule is Oc1c(CN2CCOCC2)ccc2c(O)c(CN3CCOCC3)ccc12. The lowest BCUT2D eigenvalue weighted by atomic mass is 10.0. The summed E-state index contributed by atoms with van der Waals surface area (Å²) in [4.78, 5) is 4.55. The first-order chi connectivity index (χ1) is 12.7. The van der Waals surface area contributed by atoms with E-state index in [1.165, 1.54) is 0 Å². The second-order valence-electron chi connectivity index (χ2n) is 7.02. The third-order valence-corrected chi connectivity index (χ3v) is 5.31. The molecule has 2 fully saturated rings. The van der Waals surface area contributed by atoms with Crippen LogP contribution in [0.3, 0.4) is 0 Å². The highest BCUT2D eigenvalue weighted by Crippen LogP contribution is 2.37. The molecular weight excluding hydrogens is 332 g/mol. The third-order valence-electron chi connectivity index (χ3n) is 5.31. The van der Waals surface area contributed by atoms with Crippen LogP contribution in [0, 0.1) is 0 Å². The van der Waals surface area contributed by atoms with E-state index in [-0.39, 0.29) is 11.5 Å². The number of hydrogen-bond acceptors (Lipinski definition) is 6. The summed E-state index contributed by atoms with van der Waals surface area (Å²) in [5.74, 6) is 0.532. The van der Waals surface area contributed by atoms with Crippen LogP contribution < -0.4 is 0 Å². The summed E-state index contributed by atoms with van der Waals surface area (Å²) >= 11 is 0. The fraction of sp³-hybridized carbons (Fsp3) is 0.500. The summed E-state index contributed by atoms with van der Waals surface area (Å²) in [6.45, 7) is 7.84. The van der Waals surface area contributed by atoms with Crippen molar-refractivity contribution >= 4 is 10.8 Å². The highest BCUT2D eigenvalue weighted by Gasteiger charge is 2.18. The summed E-state index contributed by atoms with van der Waals surface area (Å²) in [7, 11) is 0. The molecule has 26 heavy (non-hydrogen) atoms. The fourth-order valence-corrected chi connectivity index (χ4v) is 3.72. The quantitative estimate of drug-likeness (QED) is 0.871. The van der Waals surface area contributed by atoms with Crippen molar-refractivity contribution < 1.29 is 19.7 Å². The lowest BCUT2D eigenvalue weighted by molar-refractivity contribution is 0.0338. The van der Waals surface area contributed by atoms with Gasteiger partial charge in [0.05, 0.1) is 26.4 Å². The number of hydrogen-bond donors (Lipinski definition) is 2. The van der Waals surface area contributed by atoms with Crippen molar-refractivity contribution in [2.45, 2.75) is 13.1 Å². The molecule has 2 N–H and O–H groups in total.